The largest absolute Gasteiger partial charge is 0.384 e. The Kier molecular flexibility index (Phi) is 4.87. The molecule has 2 atom stereocenters. The molecule has 2 unspecified atom stereocenters. The molecule has 0 aromatic heterocycles. The monoisotopic (exact) mass is 250 g/mol. The summed E-state index contributed by atoms with van der Waals surface area (Å²) in [6, 6.07) is 8.93. The minimum Gasteiger partial charge on any atom is -0.384 e. The predicted octanol–water partition coefficient (Wildman–Crippen LogP) is 0.994. The van der Waals surface area contributed by atoms with Crippen LogP contribution in [0.1, 0.15) is 26.3 Å². The van der Waals surface area contributed by atoms with Gasteiger partial charge < -0.3 is 16.2 Å². The first-order valence-corrected chi connectivity index (χ1v) is 6.15. The topological polar surface area (TPSA) is 75.3 Å². The molecule has 0 spiro atoms. The van der Waals surface area contributed by atoms with Gasteiger partial charge in [0.15, 0.2) is 0 Å². The van der Waals surface area contributed by atoms with Crippen molar-refractivity contribution in [1.29, 1.82) is 0 Å². The zero-order chi connectivity index (χ0) is 13.8. The Morgan fingerprint density at radius 3 is 2.39 bits per heavy atom. The average molecular weight is 250 g/mol. The van der Waals surface area contributed by atoms with Gasteiger partial charge in [-0.2, -0.15) is 0 Å². The molecule has 18 heavy (non-hydrogen) atoms. The van der Waals surface area contributed by atoms with Crippen LogP contribution in [0.4, 0.5) is 0 Å². The van der Waals surface area contributed by atoms with Gasteiger partial charge in [-0.3, -0.25) is 4.79 Å². The summed E-state index contributed by atoms with van der Waals surface area (Å²) >= 11 is 0. The normalized spacial score (nSPS) is 16.3. The Morgan fingerprint density at radius 1 is 1.39 bits per heavy atom. The van der Waals surface area contributed by atoms with E-state index >= 15 is 0 Å². The van der Waals surface area contributed by atoms with Crippen LogP contribution in [0.15, 0.2) is 30.3 Å². The summed E-state index contributed by atoms with van der Waals surface area (Å²) in [6.07, 6.45) is 0. The highest BCUT2D eigenvalue weighted by Gasteiger charge is 2.26. The molecule has 0 saturated heterocycles. The highest BCUT2D eigenvalue weighted by Crippen LogP contribution is 2.19. The number of nitrogens with one attached hydrogen (secondary N) is 1. The third kappa shape index (κ3) is 3.82. The Labute approximate surface area is 108 Å². The van der Waals surface area contributed by atoms with Crippen molar-refractivity contribution in [2.24, 2.45) is 11.7 Å². The summed E-state index contributed by atoms with van der Waals surface area (Å²) in [6.45, 7) is 5.83. The number of hydrogen-bond acceptors (Lipinski definition) is 3. The maximum atomic E-state index is 11.3. The Bertz CT molecular complexity index is 388. The van der Waals surface area contributed by atoms with Gasteiger partial charge in [-0.25, -0.2) is 0 Å². The van der Waals surface area contributed by atoms with Gasteiger partial charge in [-0.05, 0) is 18.4 Å². The zero-order valence-electron chi connectivity index (χ0n) is 11.2. The number of hydrogen-bond donors (Lipinski definition) is 3. The molecule has 1 aromatic carbocycles. The molecule has 0 saturated carbocycles. The molecule has 1 rings (SSSR count). The summed E-state index contributed by atoms with van der Waals surface area (Å²) in [5.74, 6) is -0.303. The summed E-state index contributed by atoms with van der Waals surface area (Å²) in [5, 5.41) is 13.4. The van der Waals surface area contributed by atoms with Crippen molar-refractivity contribution in [3.63, 3.8) is 0 Å². The van der Waals surface area contributed by atoms with Gasteiger partial charge >= 0.3 is 0 Å². The lowest BCUT2D eigenvalue weighted by atomic mass is 9.94. The van der Waals surface area contributed by atoms with E-state index in [-0.39, 0.29) is 12.5 Å². The molecular formula is C14H22N2O2. The van der Waals surface area contributed by atoms with Crippen molar-refractivity contribution in [3.05, 3.63) is 35.9 Å². The molecule has 0 radical (unpaired) electrons. The molecule has 1 aromatic rings. The number of carbonyl (C=O) groups excluding carboxylic acids is 1. The molecule has 4 N–H and O–H groups in total. The number of nitrogens with two attached hydrogens (primary N) is 1. The summed E-state index contributed by atoms with van der Waals surface area (Å²) in [7, 11) is 0. The number of carbonyl (C=O) groups is 1. The van der Waals surface area contributed by atoms with E-state index in [1.165, 1.54) is 0 Å². The van der Waals surface area contributed by atoms with Gasteiger partial charge in [-0.1, -0.05) is 44.2 Å². The fraction of sp³-hybridized carbons (Fsp3) is 0.500. The fourth-order valence-electron chi connectivity index (χ4n) is 1.87. The van der Waals surface area contributed by atoms with Crippen LogP contribution in [0.5, 0.6) is 0 Å². The smallest absolute Gasteiger partial charge is 0.234 e. The van der Waals surface area contributed by atoms with Gasteiger partial charge in [0, 0.05) is 6.54 Å². The van der Waals surface area contributed by atoms with E-state index in [0.29, 0.717) is 0 Å². The second kappa shape index (κ2) is 5.98. The number of benzene rings is 1. The van der Waals surface area contributed by atoms with E-state index < -0.39 is 17.6 Å². The number of rotatable bonds is 6. The lowest BCUT2D eigenvalue weighted by molar-refractivity contribution is -0.121. The summed E-state index contributed by atoms with van der Waals surface area (Å²) in [4.78, 5) is 11.3. The second-order valence-corrected chi connectivity index (χ2v) is 5.14. The number of amides is 1. The molecule has 4 heteroatoms. The molecule has 0 aliphatic rings. The Hall–Kier alpha value is -1.39. The van der Waals surface area contributed by atoms with E-state index in [1.807, 2.05) is 44.2 Å². The Balaban J connectivity index is 2.69. The highest BCUT2D eigenvalue weighted by atomic mass is 16.3. The average Bonchev–Trinajstić information content (AvgIpc) is 2.29. The van der Waals surface area contributed by atoms with Crippen LogP contribution in [0.2, 0.25) is 0 Å². The van der Waals surface area contributed by atoms with Gasteiger partial charge in [0.1, 0.15) is 0 Å². The van der Waals surface area contributed by atoms with Crippen LogP contribution in [0, 0.1) is 5.92 Å². The molecule has 0 aliphatic carbocycles. The maximum Gasteiger partial charge on any atom is 0.234 e. The molecule has 4 nitrogen and oxygen atoms in total. The van der Waals surface area contributed by atoms with Gasteiger partial charge in [0.2, 0.25) is 5.91 Å². The van der Waals surface area contributed by atoms with E-state index in [9.17, 15) is 9.90 Å². The molecule has 1 amide bonds. The SMILES string of the molecule is CC(C)C(NCC(C)(O)c1ccccc1)C(N)=O. The quantitative estimate of drug-likeness (QED) is 0.705. The molecule has 100 valence electrons. The maximum absolute atomic E-state index is 11.3. The first-order valence-electron chi connectivity index (χ1n) is 6.15. The van der Waals surface area contributed by atoms with E-state index in [4.69, 9.17) is 5.73 Å². The standard InChI is InChI=1S/C14H22N2O2/c1-10(2)12(13(15)17)16-9-14(3,18)11-7-5-4-6-8-11/h4-8,10,12,16,18H,9H2,1-3H3,(H2,15,17). The van der Waals surface area contributed by atoms with Crippen molar-refractivity contribution in [3.8, 4) is 0 Å². The third-order valence-corrected chi connectivity index (χ3v) is 3.04. The summed E-state index contributed by atoms with van der Waals surface area (Å²) in [5.41, 5.74) is 5.11. The van der Waals surface area contributed by atoms with Crippen molar-refractivity contribution >= 4 is 5.91 Å². The number of primary amides is 1. The predicted molar refractivity (Wildman–Crippen MR) is 71.8 cm³/mol. The first kappa shape index (κ1) is 14.7. The first-order chi connectivity index (χ1) is 8.34. The van der Waals surface area contributed by atoms with Crippen molar-refractivity contribution < 1.29 is 9.90 Å². The molecule has 0 aliphatic heterocycles. The lowest BCUT2D eigenvalue weighted by Gasteiger charge is -2.28. The zero-order valence-corrected chi connectivity index (χ0v) is 11.2. The van der Waals surface area contributed by atoms with Crippen LogP contribution >= 0.6 is 0 Å². The molecule has 0 fully saturated rings. The van der Waals surface area contributed by atoms with Gasteiger partial charge in [0.05, 0.1) is 11.6 Å². The van der Waals surface area contributed by atoms with Gasteiger partial charge in [0.25, 0.3) is 0 Å². The van der Waals surface area contributed by atoms with Crippen molar-refractivity contribution in [2.75, 3.05) is 6.54 Å². The van der Waals surface area contributed by atoms with Crippen LogP contribution in [-0.2, 0) is 10.4 Å². The van der Waals surface area contributed by atoms with E-state index in [1.54, 1.807) is 6.92 Å². The minimum atomic E-state index is -1.02. The van der Waals surface area contributed by atoms with E-state index in [0.717, 1.165) is 5.56 Å². The third-order valence-electron chi connectivity index (χ3n) is 3.04. The van der Waals surface area contributed by atoms with Crippen LogP contribution in [-0.4, -0.2) is 23.6 Å². The fourth-order valence-corrected chi connectivity index (χ4v) is 1.87. The minimum absolute atomic E-state index is 0.0917. The Morgan fingerprint density at radius 2 is 1.94 bits per heavy atom. The van der Waals surface area contributed by atoms with Crippen molar-refractivity contribution in [1.82, 2.24) is 5.32 Å². The van der Waals surface area contributed by atoms with E-state index in [2.05, 4.69) is 5.32 Å². The van der Waals surface area contributed by atoms with Crippen LogP contribution < -0.4 is 11.1 Å². The van der Waals surface area contributed by atoms with Gasteiger partial charge in [-0.15, -0.1) is 0 Å². The van der Waals surface area contributed by atoms with Crippen LogP contribution in [0.3, 0.4) is 0 Å². The molecule has 0 heterocycles. The second-order valence-electron chi connectivity index (χ2n) is 5.14. The number of aliphatic hydroxyl groups is 1. The van der Waals surface area contributed by atoms with Crippen LogP contribution in [0.25, 0.3) is 0 Å². The molecular weight excluding hydrogens is 228 g/mol. The van der Waals surface area contributed by atoms with Crippen molar-refractivity contribution in [2.45, 2.75) is 32.4 Å². The highest BCUT2D eigenvalue weighted by molar-refractivity contribution is 5.80. The molecule has 0 bridgehead atoms. The lowest BCUT2D eigenvalue weighted by Crippen LogP contribution is -2.49. The summed E-state index contributed by atoms with van der Waals surface area (Å²) < 4.78 is 0.